The molecule has 1 saturated heterocycles. The molecule has 2 rings (SSSR count). The van der Waals surface area contributed by atoms with Crippen LogP contribution < -0.4 is 0 Å². The highest BCUT2D eigenvalue weighted by molar-refractivity contribution is 6.31. The van der Waals surface area contributed by atoms with E-state index in [1.165, 1.54) is 6.20 Å². The van der Waals surface area contributed by atoms with Crippen molar-refractivity contribution in [3.8, 4) is 0 Å². The number of hydrogen-bond acceptors (Lipinski definition) is 3. The molecular weight excluding hydrogens is 218 g/mol. The van der Waals surface area contributed by atoms with Crippen molar-refractivity contribution in [1.82, 2.24) is 4.98 Å². The summed E-state index contributed by atoms with van der Waals surface area (Å²) in [5, 5.41) is 9.66. The smallest absolute Gasteiger partial charge is 0.316 e. The van der Waals surface area contributed by atoms with E-state index in [4.69, 9.17) is 16.3 Å². The van der Waals surface area contributed by atoms with Crippen LogP contribution in [0.25, 0.3) is 0 Å². The molecule has 1 aliphatic heterocycles. The van der Waals surface area contributed by atoms with E-state index in [9.17, 15) is 9.90 Å². The number of carbonyl (C=O) groups is 1. The van der Waals surface area contributed by atoms with Gasteiger partial charge in [-0.25, -0.2) is 0 Å². The molecule has 1 aliphatic rings. The van der Waals surface area contributed by atoms with Crippen molar-refractivity contribution in [2.24, 2.45) is 0 Å². The van der Waals surface area contributed by atoms with E-state index in [2.05, 4.69) is 4.98 Å². The topological polar surface area (TPSA) is 59.4 Å². The number of aliphatic carboxylic acids is 1. The van der Waals surface area contributed by atoms with Crippen molar-refractivity contribution >= 4 is 17.6 Å². The third kappa shape index (κ3) is 1.60. The Labute approximate surface area is 91.8 Å². The van der Waals surface area contributed by atoms with Gasteiger partial charge in [0, 0.05) is 19.0 Å². The number of pyridine rings is 1. The number of halogens is 1. The first kappa shape index (κ1) is 10.4. The highest BCUT2D eigenvalue weighted by Crippen LogP contribution is 2.36. The van der Waals surface area contributed by atoms with Crippen molar-refractivity contribution in [3.05, 3.63) is 29.0 Å². The second-order valence-corrected chi connectivity index (χ2v) is 3.95. The Balaban J connectivity index is 2.50. The van der Waals surface area contributed by atoms with E-state index in [1.54, 1.807) is 12.3 Å². The number of aromatic nitrogens is 1. The molecule has 1 N–H and O–H groups in total. The van der Waals surface area contributed by atoms with Crippen LogP contribution in [0.5, 0.6) is 0 Å². The number of hydrogen-bond donors (Lipinski definition) is 1. The first-order chi connectivity index (χ1) is 7.17. The zero-order valence-electron chi connectivity index (χ0n) is 7.94. The number of rotatable bonds is 2. The van der Waals surface area contributed by atoms with Crippen LogP contribution in [0.3, 0.4) is 0 Å². The molecule has 1 aromatic rings. The number of carboxylic acid groups (broad SMARTS) is 1. The summed E-state index contributed by atoms with van der Waals surface area (Å²) >= 11 is 5.96. The molecule has 1 fully saturated rings. The van der Waals surface area contributed by atoms with Crippen LogP contribution >= 0.6 is 11.6 Å². The Bertz CT molecular complexity index is 388. The second kappa shape index (κ2) is 3.79. The van der Waals surface area contributed by atoms with Crippen molar-refractivity contribution in [2.75, 3.05) is 13.2 Å². The standard InChI is InChI=1S/C10H10ClNO3/c11-8-5-12-3-1-7(8)10(9(13)14)2-4-15-6-10/h1,3,5H,2,4,6H2,(H,13,14). The highest BCUT2D eigenvalue weighted by Gasteiger charge is 2.45. The summed E-state index contributed by atoms with van der Waals surface area (Å²) < 4.78 is 5.17. The lowest BCUT2D eigenvalue weighted by molar-refractivity contribution is -0.143. The van der Waals surface area contributed by atoms with Crippen LogP contribution in [0.2, 0.25) is 5.02 Å². The third-order valence-electron chi connectivity index (χ3n) is 2.72. The summed E-state index contributed by atoms with van der Waals surface area (Å²) in [6.45, 7) is 0.622. The lowest BCUT2D eigenvalue weighted by Crippen LogP contribution is -2.36. The summed E-state index contributed by atoms with van der Waals surface area (Å²) in [6, 6.07) is 1.64. The normalized spacial score (nSPS) is 25.4. The molecule has 80 valence electrons. The maximum Gasteiger partial charge on any atom is 0.316 e. The zero-order valence-corrected chi connectivity index (χ0v) is 8.70. The Hall–Kier alpha value is -1.13. The predicted molar refractivity (Wildman–Crippen MR) is 54.0 cm³/mol. The van der Waals surface area contributed by atoms with Gasteiger partial charge in [-0.3, -0.25) is 9.78 Å². The van der Waals surface area contributed by atoms with Gasteiger partial charge >= 0.3 is 5.97 Å². The quantitative estimate of drug-likeness (QED) is 0.832. The number of carboxylic acids is 1. The van der Waals surface area contributed by atoms with E-state index >= 15 is 0 Å². The minimum Gasteiger partial charge on any atom is -0.481 e. The first-order valence-corrected chi connectivity index (χ1v) is 4.96. The lowest BCUT2D eigenvalue weighted by atomic mass is 9.80. The number of ether oxygens (including phenoxy) is 1. The van der Waals surface area contributed by atoms with E-state index in [1.807, 2.05) is 0 Å². The fourth-order valence-corrected chi connectivity index (χ4v) is 2.12. The van der Waals surface area contributed by atoms with Gasteiger partial charge in [0.25, 0.3) is 0 Å². The minimum atomic E-state index is -1.000. The van der Waals surface area contributed by atoms with Crippen LogP contribution in [-0.4, -0.2) is 29.3 Å². The molecule has 0 aliphatic carbocycles. The molecular formula is C10H10ClNO3. The van der Waals surface area contributed by atoms with Crippen molar-refractivity contribution < 1.29 is 14.6 Å². The molecule has 0 spiro atoms. The molecule has 0 aromatic carbocycles. The molecule has 4 nitrogen and oxygen atoms in total. The molecule has 1 atom stereocenters. The van der Waals surface area contributed by atoms with Gasteiger partial charge in [-0.05, 0) is 18.1 Å². The maximum absolute atomic E-state index is 11.3. The van der Waals surface area contributed by atoms with Gasteiger partial charge in [-0.1, -0.05) is 11.6 Å². The molecule has 0 radical (unpaired) electrons. The average molecular weight is 228 g/mol. The Morgan fingerprint density at radius 1 is 1.67 bits per heavy atom. The van der Waals surface area contributed by atoms with E-state index in [-0.39, 0.29) is 6.61 Å². The van der Waals surface area contributed by atoms with Crippen LogP contribution in [0.4, 0.5) is 0 Å². The largest absolute Gasteiger partial charge is 0.481 e. The maximum atomic E-state index is 11.3. The second-order valence-electron chi connectivity index (χ2n) is 3.55. The van der Waals surface area contributed by atoms with Crippen LogP contribution in [0, 0.1) is 0 Å². The summed E-state index contributed by atoms with van der Waals surface area (Å²) in [5.41, 5.74) is -0.413. The predicted octanol–water partition coefficient (Wildman–Crippen LogP) is 1.48. The minimum absolute atomic E-state index is 0.173. The van der Waals surface area contributed by atoms with Crippen LogP contribution in [0.15, 0.2) is 18.5 Å². The Kier molecular flexibility index (Phi) is 2.63. The lowest BCUT2D eigenvalue weighted by Gasteiger charge is -2.23. The van der Waals surface area contributed by atoms with Gasteiger partial charge in [0.1, 0.15) is 5.41 Å². The first-order valence-electron chi connectivity index (χ1n) is 4.58. The molecule has 0 saturated carbocycles. The Morgan fingerprint density at radius 2 is 2.47 bits per heavy atom. The molecule has 1 aromatic heterocycles. The van der Waals surface area contributed by atoms with E-state index in [0.29, 0.717) is 23.6 Å². The molecule has 0 bridgehead atoms. The van der Waals surface area contributed by atoms with Crippen molar-refractivity contribution in [1.29, 1.82) is 0 Å². The van der Waals surface area contributed by atoms with Crippen LogP contribution in [0.1, 0.15) is 12.0 Å². The molecule has 5 heteroatoms. The summed E-state index contributed by atoms with van der Waals surface area (Å²) in [4.78, 5) is 15.2. The van der Waals surface area contributed by atoms with Crippen molar-refractivity contribution in [3.63, 3.8) is 0 Å². The zero-order chi connectivity index (χ0) is 10.9. The summed E-state index contributed by atoms with van der Waals surface area (Å²) in [5.74, 6) is -0.895. The number of nitrogens with zero attached hydrogens (tertiary/aromatic N) is 1. The van der Waals surface area contributed by atoms with Gasteiger partial charge in [-0.15, -0.1) is 0 Å². The Morgan fingerprint density at radius 3 is 3.00 bits per heavy atom. The van der Waals surface area contributed by atoms with Gasteiger partial charge in [0.15, 0.2) is 0 Å². The SMILES string of the molecule is O=C(O)C1(c2ccncc2Cl)CCOC1. The average Bonchev–Trinajstić information content (AvgIpc) is 2.68. The summed E-state index contributed by atoms with van der Waals surface area (Å²) in [6.07, 6.45) is 3.45. The summed E-state index contributed by atoms with van der Waals surface area (Å²) in [7, 11) is 0. The monoisotopic (exact) mass is 227 g/mol. The van der Waals surface area contributed by atoms with Gasteiger partial charge in [0.2, 0.25) is 0 Å². The molecule has 15 heavy (non-hydrogen) atoms. The fourth-order valence-electron chi connectivity index (χ4n) is 1.82. The van der Waals surface area contributed by atoms with Gasteiger partial charge in [0.05, 0.1) is 11.6 Å². The highest BCUT2D eigenvalue weighted by atomic mass is 35.5. The third-order valence-corrected chi connectivity index (χ3v) is 3.02. The van der Waals surface area contributed by atoms with Gasteiger partial charge < -0.3 is 9.84 Å². The van der Waals surface area contributed by atoms with Crippen LogP contribution in [-0.2, 0) is 14.9 Å². The molecule has 1 unspecified atom stereocenters. The van der Waals surface area contributed by atoms with Gasteiger partial charge in [-0.2, -0.15) is 0 Å². The molecule has 0 amide bonds. The fraction of sp³-hybridized carbons (Fsp3) is 0.400. The van der Waals surface area contributed by atoms with Crippen molar-refractivity contribution in [2.45, 2.75) is 11.8 Å². The molecule has 2 heterocycles. The van der Waals surface area contributed by atoms with E-state index < -0.39 is 11.4 Å². The van der Waals surface area contributed by atoms with E-state index in [0.717, 1.165) is 0 Å².